The van der Waals surface area contributed by atoms with E-state index in [2.05, 4.69) is 4.90 Å². The van der Waals surface area contributed by atoms with Crippen LogP contribution in [0.4, 0.5) is 0 Å². The molecule has 1 aliphatic heterocycles. The number of phenols is 1. The number of rotatable bonds is 2. The first kappa shape index (κ1) is 16.1. The third kappa shape index (κ3) is 2.05. The smallest absolute Gasteiger partial charge is 0.115 e. The first-order chi connectivity index (χ1) is 12.0. The van der Waals surface area contributed by atoms with Crippen LogP contribution in [-0.4, -0.2) is 51.1 Å². The molecule has 3 aliphatic carbocycles. The van der Waals surface area contributed by atoms with Gasteiger partial charge in [0.05, 0.1) is 17.1 Å². The molecule has 0 unspecified atom stereocenters. The molecule has 3 N–H and O–H groups in total. The maximum atomic E-state index is 12.0. The highest BCUT2D eigenvalue weighted by Gasteiger charge is 2.66. The van der Waals surface area contributed by atoms with Crippen LogP contribution in [0.2, 0.25) is 0 Å². The lowest BCUT2D eigenvalue weighted by molar-refractivity contribution is -0.203. The highest BCUT2D eigenvalue weighted by molar-refractivity contribution is 5.49. The van der Waals surface area contributed by atoms with Crippen LogP contribution in [0.15, 0.2) is 18.2 Å². The van der Waals surface area contributed by atoms with Crippen LogP contribution in [0.1, 0.15) is 56.1 Å². The molecule has 1 aromatic rings. The third-order valence-corrected chi connectivity index (χ3v) is 7.87. The molecule has 2 saturated carbocycles. The number of aliphatic hydroxyl groups is 2. The maximum absolute atomic E-state index is 12.0. The Kier molecular flexibility index (Phi) is 3.51. The van der Waals surface area contributed by atoms with Crippen molar-refractivity contribution >= 4 is 0 Å². The number of fused-ring (bicyclic) bond motifs is 1. The highest BCUT2D eigenvalue weighted by Crippen LogP contribution is 2.58. The van der Waals surface area contributed by atoms with E-state index in [9.17, 15) is 15.3 Å². The number of hydrogen-bond acceptors (Lipinski definition) is 4. The fourth-order valence-corrected chi connectivity index (χ4v) is 6.38. The molecular formula is C21H29NO3. The zero-order chi connectivity index (χ0) is 17.2. The van der Waals surface area contributed by atoms with Gasteiger partial charge in [-0.2, -0.15) is 0 Å². The number of benzene rings is 1. The molecule has 5 rings (SSSR count). The van der Waals surface area contributed by atoms with Gasteiger partial charge in [-0.3, -0.25) is 4.90 Å². The number of piperidine rings is 1. The molecule has 1 heterocycles. The van der Waals surface area contributed by atoms with Crippen LogP contribution in [0.3, 0.4) is 0 Å². The molecule has 0 spiro atoms. The summed E-state index contributed by atoms with van der Waals surface area (Å²) in [5.41, 5.74) is 0.708. The molecule has 1 aromatic carbocycles. The van der Waals surface area contributed by atoms with E-state index in [-0.39, 0.29) is 11.8 Å². The van der Waals surface area contributed by atoms with E-state index in [1.807, 2.05) is 12.1 Å². The van der Waals surface area contributed by atoms with Crippen LogP contribution >= 0.6 is 0 Å². The monoisotopic (exact) mass is 343 g/mol. The van der Waals surface area contributed by atoms with Gasteiger partial charge in [0.2, 0.25) is 0 Å². The topological polar surface area (TPSA) is 63.9 Å². The Morgan fingerprint density at radius 3 is 2.72 bits per heavy atom. The summed E-state index contributed by atoms with van der Waals surface area (Å²) in [6.07, 6.45) is 7.44. The molecule has 3 fully saturated rings. The van der Waals surface area contributed by atoms with Gasteiger partial charge in [-0.05, 0) is 80.7 Å². The maximum Gasteiger partial charge on any atom is 0.115 e. The van der Waals surface area contributed by atoms with Crippen LogP contribution in [0.25, 0.3) is 0 Å². The Morgan fingerprint density at radius 2 is 1.96 bits per heavy atom. The van der Waals surface area contributed by atoms with Crippen LogP contribution < -0.4 is 0 Å². The normalized spacial score (nSPS) is 40.9. The molecule has 0 aromatic heterocycles. The second kappa shape index (κ2) is 5.45. The molecule has 0 amide bonds. The molecule has 4 atom stereocenters. The first-order valence-corrected chi connectivity index (χ1v) is 10.0. The van der Waals surface area contributed by atoms with E-state index in [1.54, 1.807) is 6.07 Å². The van der Waals surface area contributed by atoms with Crippen molar-refractivity contribution in [3.8, 4) is 5.75 Å². The number of phenolic OH excluding ortho intramolecular Hbond substituents is 1. The van der Waals surface area contributed by atoms with Gasteiger partial charge in [0.25, 0.3) is 0 Å². The largest absolute Gasteiger partial charge is 0.508 e. The van der Waals surface area contributed by atoms with Gasteiger partial charge in [-0.25, -0.2) is 0 Å². The van der Waals surface area contributed by atoms with Crippen molar-refractivity contribution in [1.29, 1.82) is 0 Å². The molecule has 136 valence electrons. The number of aliphatic hydroxyl groups excluding tert-OH is 1. The Balaban J connectivity index is 1.62. The lowest BCUT2D eigenvalue weighted by Gasteiger charge is -2.65. The van der Waals surface area contributed by atoms with Crippen molar-refractivity contribution < 1.29 is 15.3 Å². The van der Waals surface area contributed by atoms with E-state index >= 15 is 0 Å². The molecule has 25 heavy (non-hydrogen) atoms. The Morgan fingerprint density at radius 1 is 1.12 bits per heavy atom. The quantitative estimate of drug-likeness (QED) is 0.771. The van der Waals surface area contributed by atoms with E-state index < -0.39 is 17.1 Å². The van der Waals surface area contributed by atoms with Crippen molar-refractivity contribution in [2.45, 2.75) is 74.5 Å². The number of hydrogen-bond donors (Lipinski definition) is 3. The molecule has 2 bridgehead atoms. The summed E-state index contributed by atoms with van der Waals surface area (Å²) in [6, 6.07) is 5.66. The summed E-state index contributed by atoms with van der Waals surface area (Å²) in [4.78, 5) is 2.52. The van der Waals surface area contributed by atoms with Gasteiger partial charge >= 0.3 is 0 Å². The van der Waals surface area contributed by atoms with Gasteiger partial charge < -0.3 is 15.3 Å². The van der Waals surface area contributed by atoms with E-state index in [1.165, 1.54) is 24.8 Å². The van der Waals surface area contributed by atoms with Crippen molar-refractivity contribution in [2.75, 3.05) is 13.1 Å². The fraction of sp³-hybridized carbons (Fsp3) is 0.714. The highest BCUT2D eigenvalue weighted by atomic mass is 16.3. The number of aromatic hydroxyl groups is 1. The van der Waals surface area contributed by atoms with Crippen molar-refractivity contribution in [1.82, 2.24) is 4.90 Å². The lowest BCUT2D eigenvalue weighted by Crippen LogP contribution is -2.76. The standard InChI is InChI=1S/C21H29NO3/c23-16-7-6-15-11-18-21(25)8-2-5-19(24)20(21,17(15)12-16)9-10-22(18)13-14-3-1-4-14/h6-7,12,14,18-19,23-25H,1-5,8-11,13H2/t18-,19+,20+,21-/m1/s1. The predicted molar refractivity (Wildman–Crippen MR) is 95.6 cm³/mol. The summed E-state index contributed by atoms with van der Waals surface area (Å²) in [5, 5.41) is 33.1. The average Bonchev–Trinajstić information content (AvgIpc) is 2.53. The molecule has 4 nitrogen and oxygen atoms in total. The molecule has 4 aliphatic rings. The summed E-state index contributed by atoms with van der Waals surface area (Å²) in [5.74, 6) is 1.02. The third-order valence-electron chi connectivity index (χ3n) is 7.87. The minimum absolute atomic E-state index is 0.0915. The minimum atomic E-state index is -0.881. The Labute approximate surface area is 149 Å². The summed E-state index contributed by atoms with van der Waals surface area (Å²) in [6.45, 7) is 2.03. The minimum Gasteiger partial charge on any atom is -0.508 e. The van der Waals surface area contributed by atoms with Crippen molar-refractivity contribution in [2.24, 2.45) is 5.92 Å². The van der Waals surface area contributed by atoms with E-state index in [0.717, 1.165) is 56.7 Å². The number of likely N-dealkylation sites (tertiary alicyclic amines) is 1. The van der Waals surface area contributed by atoms with E-state index in [0.29, 0.717) is 0 Å². The van der Waals surface area contributed by atoms with Crippen LogP contribution in [0.5, 0.6) is 5.75 Å². The first-order valence-electron chi connectivity index (χ1n) is 10.0. The van der Waals surface area contributed by atoms with Gasteiger partial charge in [0.1, 0.15) is 5.75 Å². The summed E-state index contributed by atoms with van der Waals surface area (Å²) >= 11 is 0. The number of nitrogens with zero attached hydrogens (tertiary/aromatic N) is 1. The molecule has 0 radical (unpaired) electrons. The SMILES string of the molecule is Oc1ccc2c(c1)[C@]13CCN(CC4CCC4)[C@H](C2)[C@]1(O)CCC[C@@H]3O. The van der Waals surface area contributed by atoms with Gasteiger partial charge in [-0.15, -0.1) is 0 Å². The zero-order valence-corrected chi connectivity index (χ0v) is 14.8. The predicted octanol–water partition coefficient (Wildman–Crippen LogP) is 2.34. The fourth-order valence-electron chi connectivity index (χ4n) is 6.38. The molecule has 1 saturated heterocycles. The van der Waals surface area contributed by atoms with Crippen LogP contribution in [0, 0.1) is 5.92 Å². The van der Waals surface area contributed by atoms with Crippen molar-refractivity contribution in [3.05, 3.63) is 29.3 Å². The van der Waals surface area contributed by atoms with Gasteiger partial charge in [0, 0.05) is 12.6 Å². The Bertz CT molecular complexity index is 688. The zero-order valence-electron chi connectivity index (χ0n) is 14.8. The van der Waals surface area contributed by atoms with Gasteiger partial charge in [-0.1, -0.05) is 12.5 Å². The molecular weight excluding hydrogens is 314 g/mol. The summed E-state index contributed by atoms with van der Waals surface area (Å²) in [7, 11) is 0. The second-order valence-electron chi connectivity index (χ2n) is 8.91. The van der Waals surface area contributed by atoms with Crippen molar-refractivity contribution in [3.63, 3.8) is 0 Å². The Hall–Kier alpha value is -1.10. The summed E-state index contributed by atoms with van der Waals surface area (Å²) < 4.78 is 0. The lowest BCUT2D eigenvalue weighted by atomic mass is 9.48. The van der Waals surface area contributed by atoms with Crippen LogP contribution in [-0.2, 0) is 11.8 Å². The van der Waals surface area contributed by atoms with E-state index in [4.69, 9.17) is 0 Å². The second-order valence-corrected chi connectivity index (χ2v) is 8.91. The molecule has 4 heteroatoms. The average molecular weight is 343 g/mol. The van der Waals surface area contributed by atoms with Gasteiger partial charge in [0.15, 0.2) is 0 Å².